The summed E-state index contributed by atoms with van der Waals surface area (Å²) >= 11 is 0. The summed E-state index contributed by atoms with van der Waals surface area (Å²) in [4.78, 5) is 7.74. The number of aromatic amines is 1. The number of hydrogen-bond donors (Lipinski definition) is 1. The van der Waals surface area contributed by atoms with Gasteiger partial charge in [0.15, 0.2) is 11.6 Å². The Kier molecular flexibility index (Phi) is 2.93. The fourth-order valence-electron chi connectivity index (χ4n) is 2.22. The van der Waals surface area contributed by atoms with Crippen molar-refractivity contribution in [3.8, 4) is 17.1 Å². The van der Waals surface area contributed by atoms with Crippen LogP contribution in [0.5, 0.6) is 5.75 Å². The van der Waals surface area contributed by atoms with Crippen LogP contribution in [0.2, 0.25) is 0 Å². The van der Waals surface area contributed by atoms with Crippen LogP contribution >= 0.6 is 0 Å². The fourth-order valence-corrected chi connectivity index (χ4v) is 2.22. The first-order valence-electron chi connectivity index (χ1n) is 6.39. The van der Waals surface area contributed by atoms with Gasteiger partial charge in [-0.25, -0.2) is 9.37 Å². The molecule has 0 spiro atoms. The molecule has 0 aliphatic heterocycles. The number of nitrogens with zero attached hydrogens (tertiary/aromatic N) is 1. The number of aromatic nitrogens is 2. The third-order valence-corrected chi connectivity index (χ3v) is 3.52. The van der Waals surface area contributed by atoms with Crippen molar-refractivity contribution in [3.63, 3.8) is 0 Å². The minimum atomic E-state index is -0.391. The zero-order chi connectivity index (χ0) is 14.3. The van der Waals surface area contributed by atoms with Gasteiger partial charge in [0, 0.05) is 5.56 Å². The monoisotopic (exact) mass is 270 g/mol. The number of hydrogen-bond acceptors (Lipinski definition) is 2. The Labute approximate surface area is 116 Å². The molecular formula is C16H15FN2O. The summed E-state index contributed by atoms with van der Waals surface area (Å²) in [6.07, 6.45) is 0. The average molecular weight is 270 g/mol. The third kappa shape index (κ3) is 2.03. The minimum Gasteiger partial charge on any atom is -0.494 e. The molecule has 1 heterocycles. The van der Waals surface area contributed by atoms with Gasteiger partial charge in [-0.3, -0.25) is 0 Å². The van der Waals surface area contributed by atoms with Crippen molar-refractivity contribution in [3.05, 3.63) is 47.3 Å². The Morgan fingerprint density at radius 2 is 1.85 bits per heavy atom. The summed E-state index contributed by atoms with van der Waals surface area (Å²) in [5.74, 6) is 0.501. The van der Waals surface area contributed by atoms with Crippen molar-refractivity contribution in [1.29, 1.82) is 0 Å². The molecular weight excluding hydrogens is 255 g/mol. The van der Waals surface area contributed by atoms with Gasteiger partial charge < -0.3 is 9.72 Å². The molecule has 0 fully saturated rings. The van der Waals surface area contributed by atoms with Gasteiger partial charge in [-0.15, -0.1) is 0 Å². The van der Waals surface area contributed by atoms with Crippen molar-refractivity contribution < 1.29 is 9.13 Å². The second-order valence-corrected chi connectivity index (χ2v) is 4.89. The Morgan fingerprint density at radius 3 is 2.55 bits per heavy atom. The summed E-state index contributed by atoms with van der Waals surface area (Å²) in [7, 11) is 1.45. The van der Waals surface area contributed by atoms with Crippen LogP contribution in [0.15, 0.2) is 30.3 Å². The van der Waals surface area contributed by atoms with Gasteiger partial charge in [0.2, 0.25) is 0 Å². The molecule has 20 heavy (non-hydrogen) atoms. The van der Waals surface area contributed by atoms with Crippen molar-refractivity contribution in [2.75, 3.05) is 7.11 Å². The summed E-state index contributed by atoms with van der Waals surface area (Å²) < 4.78 is 18.7. The van der Waals surface area contributed by atoms with E-state index in [4.69, 9.17) is 4.74 Å². The quantitative estimate of drug-likeness (QED) is 0.764. The molecule has 0 saturated heterocycles. The lowest BCUT2D eigenvalue weighted by molar-refractivity contribution is 0.386. The Morgan fingerprint density at radius 1 is 1.10 bits per heavy atom. The molecule has 3 aromatic rings. The van der Waals surface area contributed by atoms with Crippen LogP contribution in [-0.4, -0.2) is 17.1 Å². The molecule has 0 saturated carbocycles. The zero-order valence-corrected chi connectivity index (χ0v) is 11.6. The molecule has 0 amide bonds. The van der Waals surface area contributed by atoms with Crippen molar-refractivity contribution in [2.45, 2.75) is 13.8 Å². The number of rotatable bonds is 2. The SMILES string of the molecule is COc1ccc(-c2nc3cc(C)c(C)cc3[nH]2)cc1F. The van der Waals surface area contributed by atoms with Gasteiger partial charge >= 0.3 is 0 Å². The molecule has 4 heteroatoms. The first-order chi connectivity index (χ1) is 9.58. The first kappa shape index (κ1) is 12.7. The zero-order valence-electron chi connectivity index (χ0n) is 11.6. The number of H-pyrrole nitrogens is 1. The largest absolute Gasteiger partial charge is 0.494 e. The number of fused-ring (bicyclic) bond motifs is 1. The summed E-state index contributed by atoms with van der Waals surface area (Å²) in [5, 5.41) is 0. The van der Waals surface area contributed by atoms with Crippen molar-refractivity contribution >= 4 is 11.0 Å². The van der Waals surface area contributed by atoms with E-state index in [1.54, 1.807) is 12.1 Å². The summed E-state index contributed by atoms with van der Waals surface area (Å²) in [6.45, 7) is 4.11. The smallest absolute Gasteiger partial charge is 0.165 e. The topological polar surface area (TPSA) is 37.9 Å². The maximum atomic E-state index is 13.8. The third-order valence-electron chi connectivity index (χ3n) is 3.52. The highest BCUT2D eigenvalue weighted by atomic mass is 19.1. The van der Waals surface area contributed by atoms with E-state index in [2.05, 4.69) is 29.9 Å². The van der Waals surface area contributed by atoms with Gasteiger partial charge in [-0.2, -0.15) is 0 Å². The van der Waals surface area contributed by atoms with Gasteiger partial charge in [0.25, 0.3) is 0 Å². The number of nitrogens with one attached hydrogen (secondary N) is 1. The van der Waals surface area contributed by atoms with Crippen molar-refractivity contribution in [2.24, 2.45) is 0 Å². The van der Waals surface area contributed by atoms with Gasteiger partial charge in [0.1, 0.15) is 5.82 Å². The molecule has 0 radical (unpaired) electrons. The average Bonchev–Trinajstić information content (AvgIpc) is 2.82. The Bertz CT molecular complexity index is 754. The van der Waals surface area contributed by atoms with Crippen molar-refractivity contribution in [1.82, 2.24) is 9.97 Å². The molecule has 2 aromatic carbocycles. The molecule has 0 unspecified atom stereocenters. The van der Waals surface area contributed by atoms with Crippen LogP contribution in [0.25, 0.3) is 22.4 Å². The normalized spacial score (nSPS) is 11.0. The number of imidazole rings is 1. The van der Waals surface area contributed by atoms with Crippen LogP contribution in [-0.2, 0) is 0 Å². The molecule has 3 rings (SSSR count). The van der Waals surface area contributed by atoms with Gasteiger partial charge in [0.05, 0.1) is 18.1 Å². The molecule has 102 valence electrons. The standard InChI is InChI=1S/C16H15FN2O/c1-9-6-13-14(7-10(9)2)19-16(18-13)11-4-5-15(20-3)12(17)8-11/h4-8H,1-3H3,(H,18,19). The van der Waals surface area contributed by atoms with E-state index < -0.39 is 5.82 Å². The molecule has 3 nitrogen and oxygen atoms in total. The van der Waals surface area contributed by atoms with Crippen LogP contribution in [0.1, 0.15) is 11.1 Å². The molecule has 0 atom stereocenters. The van der Waals surface area contributed by atoms with E-state index in [0.717, 1.165) is 11.0 Å². The highest BCUT2D eigenvalue weighted by molar-refractivity contribution is 5.81. The van der Waals surface area contributed by atoms with E-state index in [0.29, 0.717) is 11.4 Å². The van der Waals surface area contributed by atoms with E-state index in [9.17, 15) is 4.39 Å². The fraction of sp³-hybridized carbons (Fsp3) is 0.188. The molecule has 1 N–H and O–H groups in total. The Hall–Kier alpha value is -2.36. The number of aryl methyl sites for hydroxylation is 2. The minimum absolute atomic E-state index is 0.233. The number of benzene rings is 2. The van der Waals surface area contributed by atoms with E-state index in [1.165, 1.54) is 24.3 Å². The van der Waals surface area contributed by atoms with E-state index in [-0.39, 0.29) is 5.75 Å². The lowest BCUT2D eigenvalue weighted by Crippen LogP contribution is -1.89. The molecule has 0 bridgehead atoms. The highest BCUT2D eigenvalue weighted by Crippen LogP contribution is 2.26. The number of methoxy groups -OCH3 is 1. The second kappa shape index (κ2) is 4.63. The summed E-state index contributed by atoms with van der Waals surface area (Å²) in [6, 6.07) is 8.91. The Balaban J connectivity index is 2.12. The summed E-state index contributed by atoms with van der Waals surface area (Å²) in [5.41, 5.74) is 4.94. The van der Waals surface area contributed by atoms with Crippen LogP contribution < -0.4 is 4.74 Å². The molecule has 0 aliphatic rings. The second-order valence-electron chi connectivity index (χ2n) is 4.89. The number of ether oxygens (including phenoxy) is 1. The predicted molar refractivity (Wildman–Crippen MR) is 77.5 cm³/mol. The van der Waals surface area contributed by atoms with E-state index in [1.807, 2.05) is 6.07 Å². The van der Waals surface area contributed by atoms with Crippen LogP contribution in [0.4, 0.5) is 4.39 Å². The lowest BCUT2D eigenvalue weighted by Gasteiger charge is -2.02. The number of halogens is 1. The predicted octanol–water partition coefficient (Wildman–Crippen LogP) is 3.99. The maximum absolute atomic E-state index is 13.8. The van der Waals surface area contributed by atoms with Gasteiger partial charge in [-0.1, -0.05) is 0 Å². The first-order valence-corrected chi connectivity index (χ1v) is 6.39. The highest BCUT2D eigenvalue weighted by Gasteiger charge is 2.10. The molecule has 0 aliphatic carbocycles. The lowest BCUT2D eigenvalue weighted by atomic mass is 10.1. The van der Waals surface area contributed by atoms with Crippen LogP contribution in [0, 0.1) is 19.7 Å². The van der Waals surface area contributed by atoms with Gasteiger partial charge in [-0.05, 0) is 55.3 Å². The van der Waals surface area contributed by atoms with E-state index >= 15 is 0 Å². The van der Waals surface area contributed by atoms with Crippen LogP contribution in [0.3, 0.4) is 0 Å². The maximum Gasteiger partial charge on any atom is 0.165 e. The molecule has 1 aromatic heterocycles.